The maximum Gasteiger partial charge on any atom is 0.251 e. The van der Waals surface area contributed by atoms with Gasteiger partial charge in [0.05, 0.1) is 5.69 Å². The van der Waals surface area contributed by atoms with Crippen molar-refractivity contribution >= 4 is 23.2 Å². The molecule has 1 aliphatic carbocycles. The third-order valence-corrected chi connectivity index (χ3v) is 4.93. The van der Waals surface area contributed by atoms with Crippen molar-refractivity contribution in [1.82, 2.24) is 5.32 Å². The Labute approximate surface area is 170 Å². The quantitative estimate of drug-likeness (QED) is 0.240. The lowest BCUT2D eigenvalue weighted by atomic mass is 10.1. The molecule has 0 radical (unpaired) electrons. The van der Waals surface area contributed by atoms with Crippen LogP contribution in [0.3, 0.4) is 0 Å². The molecule has 7 nitrogen and oxygen atoms in total. The van der Waals surface area contributed by atoms with E-state index < -0.39 is 0 Å². The third-order valence-electron chi connectivity index (χ3n) is 4.93. The van der Waals surface area contributed by atoms with Crippen LogP contribution in [0.2, 0.25) is 0 Å². The highest BCUT2D eigenvalue weighted by atomic mass is 16.2. The predicted octanol–water partition coefficient (Wildman–Crippen LogP) is 4.45. The molecule has 0 atom stereocenters. The molecule has 1 fully saturated rings. The molecule has 29 heavy (non-hydrogen) atoms. The van der Waals surface area contributed by atoms with Crippen molar-refractivity contribution in [2.75, 3.05) is 11.9 Å². The highest BCUT2D eigenvalue weighted by Crippen LogP contribution is 2.39. The van der Waals surface area contributed by atoms with Crippen LogP contribution in [-0.2, 0) is 4.79 Å². The Morgan fingerprint density at radius 2 is 1.76 bits per heavy atom. The molecule has 2 aromatic rings. The van der Waals surface area contributed by atoms with E-state index in [1.54, 1.807) is 18.2 Å². The van der Waals surface area contributed by atoms with Gasteiger partial charge in [0, 0.05) is 18.5 Å². The summed E-state index contributed by atoms with van der Waals surface area (Å²) in [6, 6.07) is 15.0. The lowest BCUT2D eigenvalue weighted by molar-refractivity contribution is -0.116. The average Bonchev–Trinajstić information content (AvgIpc) is 3.57. The summed E-state index contributed by atoms with van der Waals surface area (Å²) in [5, 5.41) is 12.8. The summed E-state index contributed by atoms with van der Waals surface area (Å²) >= 11 is 0. The van der Waals surface area contributed by atoms with E-state index in [0.29, 0.717) is 35.8 Å². The zero-order valence-corrected chi connectivity index (χ0v) is 16.4. The van der Waals surface area contributed by atoms with E-state index in [0.717, 1.165) is 19.3 Å². The van der Waals surface area contributed by atoms with Gasteiger partial charge in [0.25, 0.3) is 5.91 Å². The van der Waals surface area contributed by atoms with Crippen LogP contribution in [-0.4, -0.2) is 18.4 Å². The predicted molar refractivity (Wildman–Crippen MR) is 113 cm³/mol. The third kappa shape index (κ3) is 6.41. The number of carbonyl (C=O) groups excluding carboxylic acids is 2. The molecule has 0 aliphatic heterocycles. The molecule has 3 rings (SSSR count). The first kappa shape index (κ1) is 20.5. The van der Waals surface area contributed by atoms with Crippen LogP contribution in [0.1, 0.15) is 60.4 Å². The van der Waals surface area contributed by atoms with Gasteiger partial charge in [-0.25, -0.2) is 0 Å². The number of nitrogens with one attached hydrogen (secondary N) is 2. The summed E-state index contributed by atoms with van der Waals surface area (Å²) in [5.41, 5.74) is 3.14. The Hall–Kier alpha value is -3.22. The molecule has 1 aliphatic rings. The maximum atomic E-state index is 12.2. The van der Waals surface area contributed by atoms with Gasteiger partial charge >= 0.3 is 0 Å². The van der Waals surface area contributed by atoms with Gasteiger partial charge < -0.3 is 16.5 Å². The van der Waals surface area contributed by atoms with Crippen LogP contribution >= 0.6 is 0 Å². The van der Waals surface area contributed by atoms with Gasteiger partial charge in [-0.05, 0) is 61.4 Å². The Morgan fingerprint density at radius 3 is 2.48 bits per heavy atom. The van der Waals surface area contributed by atoms with E-state index in [1.165, 1.54) is 18.4 Å². The van der Waals surface area contributed by atoms with E-state index in [2.05, 4.69) is 33.1 Å². The van der Waals surface area contributed by atoms with Crippen LogP contribution < -0.4 is 16.5 Å². The summed E-state index contributed by atoms with van der Waals surface area (Å²) < 4.78 is 0. The molecular formula is C22H27N5O2. The molecule has 0 aromatic heterocycles. The number of nitrogens with two attached hydrogens (primary N) is 1. The van der Waals surface area contributed by atoms with Crippen molar-refractivity contribution in [3.63, 3.8) is 0 Å². The Morgan fingerprint density at radius 1 is 1.00 bits per heavy atom. The monoisotopic (exact) mass is 393 g/mol. The summed E-state index contributed by atoms with van der Waals surface area (Å²) in [6.45, 7) is 0.602. The standard InChI is InChI=1S/C22H27N5O2/c23-27-26-20-7-4-3-6-19(20)25-21(28)8-2-1-5-15-24-22(29)18-13-11-17(12-14-18)16-9-10-16/h3-4,6-7,11-14,16H,1-2,5,8-10,15H2,(H2,23,26)(H,24,29)(H,25,28). The molecule has 0 unspecified atom stereocenters. The van der Waals surface area contributed by atoms with E-state index >= 15 is 0 Å². The fraction of sp³-hybridized carbons (Fsp3) is 0.364. The van der Waals surface area contributed by atoms with Crippen LogP contribution in [0, 0.1) is 0 Å². The van der Waals surface area contributed by atoms with Crippen molar-refractivity contribution in [3.8, 4) is 0 Å². The molecule has 0 spiro atoms. The number of unbranched alkanes of at least 4 members (excludes halogenated alkanes) is 2. The number of amides is 2. The van der Waals surface area contributed by atoms with Crippen LogP contribution in [0.5, 0.6) is 0 Å². The molecule has 2 aromatic carbocycles. The van der Waals surface area contributed by atoms with Gasteiger partial charge in [-0.15, -0.1) is 5.11 Å². The first-order chi connectivity index (χ1) is 14.2. The molecular weight excluding hydrogens is 366 g/mol. The number of hydrogen-bond acceptors (Lipinski definition) is 4. The number of anilines is 1. The molecule has 1 saturated carbocycles. The first-order valence-corrected chi connectivity index (χ1v) is 10.1. The van der Waals surface area contributed by atoms with Gasteiger partial charge in [-0.3, -0.25) is 9.59 Å². The van der Waals surface area contributed by atoms with E-state index in [9.17, 15) is 9.59 Å². The molecule has 0 saturated heterocycles. The van der Waals surface area contributed by atoms with E-state index in [4.69, 9.17) is 5.84 Å². The topological polar surface area (TPSA) is 109 Å². The smallest absolute Gasteiger partial charge is 0.251 e. The second kappa shape index (κ2) is 10.4. The largest absolute Gasteiger partial charge is 0.352 e. The molecule has 7 heteroatoms. The fourth-order valence-corrected chi connectivity index (χ4v) is 3.16. The molecule has 0 heterocycles. The molecule has 4 N–H and O–H groups in total. The van der Waals surface area contributed by atoms with Gasteiger partial charge in [-0.2, -0.15) is 0 Å². The Bertz CT molecular complexity index is 860. The first-order valence-electron chi connectivity index (χ1n) is 10.1. The summed E-state index contributed by atoms with van der Waals surface area (Å²) in [4.78, 5) is 24.3. The van der Waals surface area contributed by atoms with E-state index in [-0.39, 0.29) is 11.8 Å². The van der Waals surface area contributed by atoms with Gasteiger partial charge in [0.2, 0.25) is 5.91 Å². The number of rotatable bonds is 10. The zero-order chi connectivity index (χ0) is 20.5. The maximum absolute atomic E-state index is 12.2. The lowest BCUT2D eigenvalue weighted by Crippen LogP contribution is -2.24. The second-order valence-corrected chi connectivity index (χ2v) is 7.24. The van der Waals surface area contributed by atoms with Crippen molar-refractivity contribution in [3.05, 3.63) is 59.7 Å². The van der Waals surface area contributed by atoms with Crippen LogP contribution in [0.4, 0.5) is 11.4 Å². The van der Waals surface area contributed by atoms with Crippen LogP contribution in [0.15, 0.2) is 58.9 Å². The minimum atomic E-state index is -0.0792. The SMILES string of the molecule is NN=Nc1ccccc1NC(=O)CCCCCNC(=O)c1ccc(C2CC2)cc1. The number of carbonyl (C=O) groups is 2. The van der Waals surface area contributed by atoms with Gasteiger partial charge in [0.15, 0.2) is 0 Å². The van der Waals surface area contributed by atoms with E-state index in [1.807, 2.05) is 18.2 Å². The normalized spacial score (nSPS) is 13.4. The Balaban J connectivity index is 1.30. The van der Waals surface area contributed by atoms with Gasteiger partial charge in [0.1, 0.15) is 5.69 Å². The summed E-state index contributed by atoms with van der Waals surface area (Å²) in [5.74, 6) is 5.65. The molecule has 0 bridgehead atoms. The Kier molecular flexibility index (Phi) is 7.33. The zero-order valence-electron chi connectivity index (χ0n) is 16.4. The van der Waals surface area contributed by atoms with Crippen molar-refractivity contribution in [2.45, 2.75) is 44.4 Å². The average molecular weight is 393 g/mol. The number of benzene rings is 2. The number of hydrogen-bond donors (Lipinski definition) is 3. The lowest BCUT2D eigenvalue weighted by Gasteiger charge is -2.08. The second-order valence-electron chi connectivity index (χ2n) is 7.24. The number of nitrogens with zero attached hydrogens (tertiary/aromatic N) is 2. The van der Waals surface area contributed by atoms with Crippen molar-refractivity contribution in [2.24, 2.45) is 16.2 Å². The fourth-order valence-electron chi connectivity index (χ4n) is 3.16. The molecule has 152 valence electrons. The highest BCUT2D eigenvalue weighted by molar-refractivity contribution is 5.94. The number of para-hydroxylation sites is 1. The van der Waals surface area contributed by atoms with Crippen LogP contribution in [0.25, 0.3) is 0 Å². The summed E-state index contributed by atoms with van der Waals surface area (Å²) in [7, 11) is 0. The molecule has 2 amide bonds. The van der Waals surface area contributed by atoms with Gasteiger partial charge in [-0.1, -0.05) is 35.9 Å². The van der Waals surface area contributed by atoms with Crippen molar-refractivity contribution in [1.29, 1.82) is 0 Å². The summed E-state index contributed by atoms with van der Waals surface area (Å²) in [6.07, 6.45) is 5.36. The van der Waals surface area contributed by atoms with Crippen molar-refractivity contribution < 1.29 is 9.59 Å². The minimum absolute atomic E-state index is 0.0456. The minimum Gasteiger partial charge on any atom is -0.352 e. The highest BCUT2D eigenvalue weighted by Gasteiger charge is 2.23.